The molecular weight excluding hydrogens is 1230 g/mol. The van der Waals surface area contributed by atoms with E-state index in [2.05, 4.69) is 37.2 Å². The third kappa shape index (κ3) is 20.3. The Bertz CT molecular complexity index is 2490. The number of thioether (sulfide) groups is 1. The minimum absolute atomic E-state index is 0.00118. The van der Waals surface area contributed by atoms with Crippen LogP contribution < -0.4 is 42.0 Å². The number of hydrogen-bond donors (Lipinski definition) is 8. The van der Waals surface area contributed by atoms with Gasteiger partial charge >= 0.3 is 12.0 Å². The number of ether oxygens (including phenoxy) is 14. The van der Waals surface area contributed by atoms with E-state index in [9.17, 15) is 33.6 Å². The number of unbranched alkanes of at least 4 members (excludes halogenated alkanes) is 1. The number of carbonyl (C=O) groups is 7. The number of carbonyl (C=O) groups excluding carboxylic acids is 6. The van der Waals surface area contributed by atoms with Crippen LogP contribution in [0.25, 0.3) is 0 Å². The molecule has 1 aromatic carbocycles. The Hall–Kier alpha value is -4.36. The zero-order valence-electron chi connectivity index (χ0n) is 50.5. The predicted molar refractivity (Wildman–Crippen MR) is 319 cm³/mol. The van der Waals surface area contributed by atoms with Crippen molar-refractivity contribution in [2.45, 2.75) is 169 Å². The van der Waals surface area contributed by atoms with Crippen LogP contribution in [0.15, 0.2) is 24.3 Å². The largest absolute Gasteiger partial charge is 0.491 e. The van der Waals surface area contributed by atoms with Gasteiger partial charge < -0.3 is 109 Å². The Morgan fingerprint density at radius 1 is 0.685 bits per heavy atom. The van der Waals surface area contributed by atoms with Crippen molar-refractivity contribution in [1.82, 2.24) is 37.2 Å². The van der Waals surface area contributed by atoms with Crippen molar-refractivity contribution in [3.05, 3.63) is 29.8 Å². The first-order valence-electron chi connectivity index (χ1n) is 30.4. The monoisotopic (exact) mass is 1320 g/mol. The molecule has 9 rings (SSSR count). The molecule has 498 valence electrons. The van der Waals surface area contributed by atoms with Crippen molar-refractivity contribution in [1.29, 1.82) is 0 Å². The average molecular weight is 1320 g/mol. The lowest BCUT2D eigenvalue weighted by molar-refractivity contribution is -0.213. The summed E-state index contributed by atoms with van der Waals surface area (Å²) in [7, 11) is 2.89. The molecule has 0 radical (unpaired) electrons. The molecule has 8 saturated heterocycles. The van der Waals surface area contributed by atoms with Gasteiger partial charge in [0, 0.05) is 60.5 Å². The van der Waals surface area contributed by atoms with Gasteiger partial charge in [0.2, 0.25) is 11.8 Å². The smallest absolute Gasteiger partial charge is 0.315 e. The highest BCUT2D eigenvalue weighted by Crippen LogP contribution is 2.44. The van der Waals surface area contributed by atoms with E-state index in [-0.39, 0.29) is 109 Å². The number of carboxylic acid groups (broad SMARTS) is 1. The lowest BCUT2D eigenvalue weighted by Crippen LogP contribution is -2.56. The van der Waals surface area contributed by atoms with Gasteiger partial charge in [-0.2, -0.15) is 11.8 Å². The van der Waals surface area contributed by atoms with E-state index in [4.69, 9.17) is 71.4 Å². The summed E-state index contributed by atoms with van der Waals surface area (Å²) < 4.78 is 84.6. The molecular formula is C57H85N7O22S3. The molecule has 4 bridgehead atoms. The Kier molecular flexibility index (Phi) is 25.9. The van der Waals surface area contributed by atoms with Crippen molar-refractivity contribution in [3.63, 3.8) is 0 Å². The number of urea groups is 1. The predicted octanol–water partition coefficient (Wildman–Crippen LogP) is 0.340. The Labute approximate surface area is 528 Å². The molecule has 7 amide bonds. The normalized spacial score (nSPS) is 29.6. The number of rotatable bonds is 39. The van der Waals surface area contributed by atoms with Crippen molar-refractivity contribution in [2.24, 2.45) is 0 Å². The van der Waals surface area contributed by atoms with Crippen LogP contribution in [0.5, 0.6) is 5.75 Å². The Balaban J connectivity index is 0.615. The summed E-state index contributed by atoms with van der Waals surface area (Å²) in [5.74, 6) is -3.16. The summed E-state index contributed by atoms with van der Waals surface area (Å²) in [5.41, 5.74) is 0.340. The maximum atomic E-state index is 14.0. The van der Waals surface area contributed by atoms with Gasteiger partial charge in [0.15, 0.2) is 30.2 Å². The van der Waals surface area contributed by atoms with Crippen molar-refractivity contribution >= 4 is 74.9 Å². The van der Waals surface area contributed by atoms with E-state index in [0.717, 1.165) is 25.0 Å². The molecule has 8 aliphatic rings. The van der Waals surface area contributed by atoms with E-state index in [1.54, 1.807) is 24.3 Å². The standard InChI is InChI=1S/C57H85N7O22S3/c1-56(2)83-46-44(36-29-79-53(81-36)48(46)85-56)77-27-33(28-78-45-37-30-80-54(82-37)49-47(45)84-57(3,4)86-49)61-50(69)32-8-7-9-34(26-32)76-23-22-75-21-20-74-19-18-73-17-15-60-52(71)43(51(70)59-14-12-41(67)68)63-40(66)13-24-88-89-25-16-58-39(65)11-6-5-10-38-42-35(31-87-38)62-55(72)64-42/h7-9,26,33,35-38,42-49,53-54H,5-6,10-25,27-31H2,1-4H3,(H,58,65)(H,59,70)(H,60,71)(H,61,69)(H,63,66)(H,67,68)(H2,62,64,72)/t33?,35?,36-,37+,38?,42?,43?,44-,45+,46+,47-,48+,49-,53-,54+. The number of aliphatic carboxylic acids is 1. The molecule has 32 heteroatoms. The first kappa shape index (κ1) is 69.0. The van der Waals surface area contributed by atoms with Crippen LogP contribution >= 0.6 is 33.3 Å². The highest BCUT2D eigenvalue weighted by molar-refractivity contribution is 8.76. The molecule has 0 spiro atoms. The van der Waals surface area contributed by atoms with Crippen LogP contribution in [0, 0.1) is 0 Å². The van der Waals surface area contributed by atoms with Crippen LogP contribution in [0.1, 0.15) is 76.6 Å². The molecule has 8 N–H and O–H groups in total. The minimum atomic E-state index is -1.61. The van der Waals surface area contributed by atoms with Gasteiger partial charge in [-0.25, -0.2) is 4.79 Å². The van der Waals surface area contributed by atoms with Crippen molar-refractivity contribution < 1.29 is 105 Å². The summed E-state index contributed by atoms with van der Waals surface area (Å²) in [6, 6.07) is 4.71. The van der Waals surface area contributed by atoms with Gasteiger partial charge in [0.25, 0.3) is 17.7 Å². The number of benzene rings is 1. The van der Waals surface area contributed by atoms with Gasteiger partial charge in [-0.15, -0.1) is 0 Å². The van der Waals surface area contributed by atoms with Crippen molar-refractivity contribution in [3.8, 4) is 5.75 Å². The summed E-state index contributed by atoms with van der Waals surface area (Å²) in [6.45, 7) is 9.64. The number of hydrogen-bond acceptors (Lipinski definition) is 24. The van der Waals surface area contributed by atoms with E-state index in [1.165, 1.54) is 21.6 Å². The van der Waals surface area contributed by atoms with Crippen LogP contribution in [0.3, 0.4) is 0 Å². The number of amides is 7. The molecule has 5 unspecified atom stereocenters. The third-order valence-corrected chi connectivity index (χ3v) is 19.4. The first-order chi connectivity index (χ1) is 42.9. The van der Waals surface area contributed by atoms with Gasteiger partial charge in [-0.3, -0.25) is 28.8 Å². The van der Waals surface area contributed by atoms with Crippen LogP contribution in [0.2, 0.25) is 0 Å². The fraction of sp³-hybridized carbons (Fsp3) is 0.772. The fourth-order valence-electron chi connectivity index (χ4n) is 11.4. The van der Waals surface area contributed by atoms with E-state index < -0.39 is 115 Å². The summed E-state index contributed by atoms with van der Waals surface area (Å²) in [5, 5.41) is 28.7. The maximum absolute atomic E-state index is 14.0. The zero-order chi connectivity index (χ0) is 62.9. The molecule has 8 aliphatic heterocycles. The molecule has 15 atom stereocenters. The molecule has 0 saturated carbocycles. The molecule has 8 fully saturated rings. The van der Waals surface area contributed by atoms with E-state index in [0.29, 0.717) is 54.2 Å². The number of carboxylic acids is 1. The maximum Gasteiger partial charge on any atom is 0.315 e. The Morgan fingerprint density at radius 2 is 1.29 bits per heavy atom. The second kappa shape index (κ2) is 33.5. The van der Waals surface area contributed by atoms with Gasteiger partial charge in [-0.1, -0.05) is 34.1 Å². The lowest BCUT2D eigenvalue weighted by Gasteiger charge is -2.37. The highest BCUT2D eigenvalue weighted by atomic mass is 33.1. The molecule has 0 aliphatic carbocycles. The number of nitrogens with one attached hydrogen (secondary N) is 7. The molecule has 89 heavy (non-hydrogen) atoms. The SMILES string of the molecule is CC1(C)O[C@@H]2[C@H](O1)[C@@H]1OC[C@@H](O1)[C@H]2OCC(CO[C@@H]1[C@H]2OC(C)(C)O[C@H]2[C@H]2OC[C@@H]1O2)NC(=O)c1cccc(OCCOCCOCCOCCNC(=O)C(NC(=O)CCSSCCNC(=O)CCCCC2SCC3NC(=O)NC32)C(=O)NCCC(=O)O)c1. The van der Waals surface area contributed by atoms with Crippen LogP contribution in [-0.4, -0.2) is 259 Å². The van der Waals surface area contributed by atoms with E-state index >= 15 is 0 Å². The topological polar surface area (TPSA) is 353 Å². The second-order valence-electron chi connectivity index (χ2n) is 23.2. The van der Waals surface area contributed by atoms with E-state index in [1.807, 2.05) is 39.5 Å². The summed E-state index contributed by atoms with van der Waals surface area (Å²) >= 11 is 1.85. The van der Waals surface area contributed by atoms with Crippen LogP contribution in [-0.2, 0) is 85.6 Å². The number of fused-ring (bicyclic) bond motifs is 9. The minimum Gasteiger partial charge on any atom is -0.491 e. The van der Waals surface area contributed by atoms with Gasteiger partial charge in [-0.05, 0) is 58.7 Å². The molecule has 29 nitrogen and oxygen atoms in total. The summed E-state index contributed by atoms with van der Waals surface area (Å²) in [6.07, 6.45) is -2.30. The quantitative estimate of drug-likeness (QED) is 0.0191. The molecule has 0 aromatic heterocycles. The summed E-state index contributed by atoms with van der Waals surface area (Å²) in [4.78, 5) is 87.7. The highest BCUT2D eigenvalue weighted by Gasteiger charge is 2.61. The molecule has 8 heterocycles. The Morgan fingerprint density at radius 3 is 1.94 bits per heavy atom. The zero-order valence-corrected chi connectivity index (χ0v) is 52.9. The first-order valence-corrected chi connectivity index (χ1v) is 33.9. The third-order valence-electron chi connectivity index (χ3n) is 15.5. The fourth-order valence-corrected chi connectivity index (χ4v) is 14.8. The second-order valence-corrected chi connectivity index (χ2v) is 27.2. The molecule has 1 aromatic rings. The average Bonchev–Trinajstić information content (AvgIpc) is 1.90. The van der Waals surface area contributed by atoms with Gasteiger partial charge in [0.05, 0.1) is 90.6 Å². The lowest BCUT2D eigenvalue weighted by atomic mass is 10.0. The van der Waals surface area contributed by atoms with Gasteiger partial charge in [0.1, 0.15) is 61.2 Å². The van der Waals surface area contributed by atoms with Crippen LogP contribution in [0.4, 0.5) is 4.79 Å². The van der Waals surface area contributed by atoms with Crippen molar-refractivity contribution in [2.75, 3.05) is 110 Å².